The molecular weight excluding hydrogens is 580 g/mol. The SMILES string of the molecule is COc1cccc([C@H]2C(C(=O)Nc3ccccc3)=C(C)N=c3sc(=Cc4cn(Cc5ccccc5)c5ccccc45)c(=O)n32)c1. The molecule has 0 spiro atoms. The first-order valence-electron chi connectivity index (χ1n) is 14.6. The number of hydrogen-bond donors (Lipinski definition) is 1. The van der Waals surface area contributed by atoms with Gasteiger partial charge in [0.2, 0.25) is 0 Å². The van der Waals surface area contributed by atoms with E-state index in [9.17, 15) is 9.59 Å². The van der Waals surface area contributed by atoms with Crippen LogP contribution in [0.25, 0.3) is 17.0 Å². The Bertz CT molecular complexity index is 2260. The number of carbonyl (C=O) groups is 1. The summed E-state index contributed by atoms with van der Waals surface area (Å²) in [7, 11) is 1.60. The molecule has 1 amide bonds. The maximum atomic E-state index is 14.3. The highest BCUT2D eigenvalue weighted by atomic mass is 32.1. The van der Waals surface area contributed by atoms with Crippen LogP contribution in [0.5, 0.6) is 5.75 Å². The summed E-state index contributed by atoms with van der Waals surface area (Å²) in [6, 6.07) is 34.6. The molecule has 3 heterocycles. The summed E-state index contributed by atoms with van der Waals surface area (Å²) in [4.78, 5) is 33.5. The average Bonchev–Trinajstić information content (AvgIpc) is 3.57. The molecule has 4 aromatic carbocycles. The number of benzene rings is 4. The molecule has 0 aliphatic carbocycles. The minimum Gasteiger partial charge on any atom is -0.497 e. The Kier molecular flexibility index (Phi) is 7.49. The Labute approximate surface area is 263 Å². The van der Waals surface area contributed by atoms with Crippen molar-refractivity contribution in [1.82, 2.24) is 9.13 Å². The van der Waals surface area contributed by atoms with Crippen LogP contribution >= 0.6 is 11.3 Å². The van der Waals surface area contributed by atoms with Crippen molar-refractivity contribution in [3.8, 4) is 5.75 Å². The minimum absolute atomic E-state index is 0.205. The smallest absolute Gasteiger partial charge is 0.271 e. The number of amides is 1. The van der Waals surface area contributed by atoms with E-state index >= 15 is 0 Å². The Morgan fingerprint density at radius 3 is 2.47 bits per heavy atom. The van der Waals surface area contributed by atoms with Gasteiger partial charge < -0.3 is 14.6 Å². The third kappa shape index (κ3) is 5.41. The van der Waals surface area contributed by atoms with E-state index in [1.165, 1.54) is 16.9 Å². The summed E-state index contributed by atoms with van der Waals surface area (Å²) < 4.78 is 9.91. The van der Waals surface area contributed by atoms with E-state index in [-0.39, 0.29) is 11.5 Å². The molecule has 222 valence electrons. The average molecular weight is 611 g/mol. The van der Waals surface area contributed by atoms with Crippen LogP contribution in [0.2, 0.25) is 0 Å². The molecule has 0 bridgehead atoms. The van der Waals surface area contributed by atoms with Crippen LogP contribution in [-0.4, -0.2) is 22.2 Å². The van der Waals surface area contributed by atoms with Gasteiger partial charge in [0, 0.05) is 34.9 Å². The van der Waals surface area contributed by atoms with Crippen molar-refractivity contribution in [2.75, 3.05) is 12.4 Å². The first-order chi connectivity index (χ1) is 22.0. The van der Waals surface area contributed by atoms with E-state index in [0.717, 1.165) is 22.0 Å². The second-order valence-corrected chi connectivity index (χ2v) is 11.9. The van der Waals surface area contributed by atoms with Crippen LogP contribution in [0.15, 0.2) is 136 Å². The van der Waals surface area contributed by atoms with Gasteiger partial charge in [-0.05, 0) is 54.5 Å². The fraction of sp³-hybridized carbons (Fsp3) is 0.108. The molecule has 1 aliphatic heterocycles. The quantitative estimate of drug-likeness (QED) is 0.245. The van der Waals surface area contributed by atoms with Crippen LogP contribution in [0, 0.1) is 0 Å². The second kappa shape index (κ2) is 11.9. The maximum Gasteiger partial charge on any atom is 0.271 e. The van der Waals surface area contributed by atoms with Gasteiger partial charge in [0.25, 0.3) is 11.5 Å². The standard InChI is InChI=1S/C37H30N4O3S/c1-24-33(35(42)39-28-15-7-4-8-16-28)34(26-14-11-17-29(20-26)44-2)41-36(43)32(45-37(41)38-24)21-27-23-40(22-25-12-5-3-6-13-25)31-19-10-9-18-30(27)31/h3-21,23,34H,22H2,1-2H3,(H,39,42)/t34-/m0/s1. The molecule has 2 aromatic heterocycles. The van der Waals surface area contributed by atoms with E-state index in [1.54, 1.807) is 11.7 Å². The number of carbonyl (C=O) groups excluding carboxylic acids is 1. The zero-order valence-corrected chi connectivity index (χ0v) is 25.6. The van der Waals surface area contributed by atoms with Crippen LogP contribution in [0.3, 0.4) is 0 Å². The van der Waals surface area contributed by atoms with Crippen molar-refractivity contribution < 1.29 is 9.53 Å². The van der Waals surface area contributed by atoms with E-state index in [2.05, 4.69) is 40.3 Å². The monoisotopic (exact) mass is 610 g/mol. The highest BCUT2D eigenvalue weighted by Gasteiger charge is 2.33. The largest absolute Gasteiger partial charge is 0.497 e. The van der Waals surface area contributed by atoms with Gasteiger partial charge >= 0.3 is 0 Å². The van der Waals surface area contributed by atoms with Crippen molar-refractivity contribution in [1.29, 1.82) is 0 Å². The number of allylic oxidation sites excluding steroid dienone is 1. The number of nitrogens with one attached hydrogen (secondary N) is 1. The molecule has 7 nitrogen and oxygen atoms in total. The van der Waals surface area contributed by atoms with Crippen molar-refractivity contribution in [3.63, 3.8) is 0 Å². The molecule has 0 saturated carbocycles. The second-order valence-electron chi connectivity index (χ2n) is 10.9. The van der Waals surface area contributed by atoms with Gasteiger partial charge in [-0.3, -0.25) is 14.2 Å². The molecule has 0 unspecified atom stereocenters. The van der Waals surface area contributed by atoms with Gasteiger partial charge in [-0.15, -0.1) is 0 Å². The van der Waals surface area contributed by atoms with Gasteiger partial charge in [-0.25, -0.2) is 4.99 Å². The first kappa shape index (κ1) is 28.3. The third-order valence-corrected chi connectivity index (χ3v) is 8.99. The summed E-state index contributed by atoms with van der Waals surface area (Å²) in [6.45, 7) is 2.53. The molecule has 6 aromatic rings. The lowest BCUT2D eigenvalue weighted by atomic mass is 9.95. The number of hydrogen-bond acceptors (Lipinski definition) is 5. The molecular formula is C37H30N4O3S. The number of fused-ring (bicyclic) bond motifs is 2. The fourth-order valence-electron chi connectivity index (χ4n) is 5.90. The lowest BCUT2D eigenvalue weighted by Crippen LogP contribution is -2.40. The van der Waals surface area contributed by atoms with Crippen LogP contribution in [0.1, 0.15) is 29.7 Å². The van der Waals surface area contributed by atoms with Crippen molar-refractivity contribution in [3.05, 3.63) is 163 Å². The number of anilines is 1. The number of methoxy groups -OCH3 is 1. The minimum atomic E-state index is -0.693. The predicted octanol–water partition coefficient (Wildman–Crippen LogP) is 5.89. The molecule has 0 radical (unpaired) electrons. The van der Waals surface area contributed by atoms with Crippen LogP contribution in [-0.2, 0) is 11.3 Å². The van der Waals surface area contributed by atoms with E-state index in [4.69, 9.17) is 9.73 Å². The molecule has 0 saturated heterocycles. The predicted molar refractivity (Wildman–Crippen MR) is 179 cm³/mol. The number of nitrogens with zero attached hydrogens (tertiary/aromatic N) is 3. The topological polar surface area (TPSA) is 77.6 Å². The Hall–Kier alpha value is -5.47. The van der Waals surface area contributed by atoms with Crippen molar-refractivity contribution in [2.24, 2.45) is 4.99 Å². The summed E-state index contributed by atoms with van der Waals surface area (Å²) in [5.41, 5.74) is 5.41. The van der Waals surface area contributed by atoms with Gasteiger partial charge in [0.15, 0.2) is 4.80 Å². The third-order valence-electron chi connectivity index (χ3n) is 8.01. The summed E-state index contributed by atoms with van der Waals surface area (Å²) in [5, 5.41) is 4.06. The summed E-state index contributed by atoms with van der Waals surface area (Å²) >= 11 is 1.33. The Morgan fingerprint density at radius 2 is 1.69 bits per heavy atom. The molecule has 7 rings (SSSR count). The van der Waals surface area contributed by atoms with Gasteiger partial charge in [0.1, 0.15) is 5.75 Å². The molecule has 1 atom stereocenters. The highest BCUT2D eigenvalue weighted by molar-refractivity contribution is 7.07. The van der Waals surface area contributed by atoms with Crippen LogP contribution < -0.4 is 24.9 Å². The maximum absolute atomic E-state index is 14.3. The number of thiazole rings is 1. The lowest BCUT2D eigenvalue weighted by molar-refractivity contribution is -0.113. The fourth-order valence-corrected chi connectivity index (χ4v) is 6.94. The Morgan fingerprint density at radius 1 is 0.956 bits per heavy atom. The van der Waals surface area contributed by atoms with Crippen LogP contribution in [0.4, 0.5) is 5.69 Å². The van der Waals surface area contributed by atoms with Gasteiger partial charge in [0.05, 0.1) is 29.0 Å². The molecule has 1 N–H and O–H groups in total. The highest BCUT2D eigenvalue weighted by Crippen LogP contribution is 2.32. The number of rotatable bonds is 7. The van der Waals surface area contributed by atoms with Crippen molar-refractivity contribution in [2.45, 2.75) is 19.5 Å². The number of ether oxygens (including phenoxy) is 1. The van der Waals surface area contributed by atoms with Gasteiger partial charge in [-0.2, -0.15) is 0 Å². The molecule has 45 heavy (non-hydrogen) atoms. The molecule has 1 aliphatic rings. The zero-order chi connectivity index (χ0) is 30.9. The van der Waals surface area contributed by atoms with E-state index in [0.29, 0.717) is 38.6 Å². The normalized spacial score (nSPS) is 14.7. The van der Waals surface area contributed by atoms with E-state index < -0.39 is 6.04 Å². The molecule has 8 heteroatoms. The number of aromatic nitrogens is 2. The molecule has 0 fully saturated rings. The number of para-hydroxylation sites is 2. The summed E-state index contributed by atoms with van der Waals surface area (Å²) in [6.07, 6.45) is 4.04. The zero-order valence-electron chi connectivity index (χ0n) is 24.8. The van der Waals surface area contributed by atoms with E-state index in [1.807, 2.05) is 97.9 Å². The lowest BCUT2D eigenvalue weighted by Gasteiger charge is -2.25. The Balaban J connectivity index is 1.37. The first-order valence-corrected chi connectivity index (χ1v) is 15.5. The van der Waals surface area contributed by atoms with Crippen molar-refractivity contribution >= 4 is 39.9 Å². The summed E-state index contributed by atoms with van der Waals surface area (Å²) in [5.74, 6) is 0.326. The van der Waals surface area contributed by atoms with Gasteiger partial charge in [-0.1, -0.05) is 90.2 Å².